The number of amides is 1. The molecule has 0 radical (unpaired) electrons. The van der Waals surface area contributed by atoms with Gasteiger partial charge in [-0.3, -0.25) is 4.79 Å². The Bertz CT molecular complexity index is 539. The van der Waals surface area contributed by atoms with Gasteiger partial charge in [-0.1, -0.05) is 19.0 Å². The molecule has 1 amide bonds. The van der Waals surface area contributed by atoms with Crippen LogP contribution < -0.4 is 15.8 Å². The lowest BCUT2D eigenvalue weighted by Gasteiger charge is -2.31. The molecule has 21 heavy (non-hydrogen) atoms. The SMILES string of the molecule is CCC(CC)(NC(=O)c1ccc(OC)c(O)c1)C(N)=NO. The van der Waals surface area contributed by atoms with E-state index < -0.39 is 11.4 Å². The smallest absolute Gasteiger partial charge is 0.252 e. The molecule has 0 saturated heterocycles. The van der Waals surface area contributed by atoms with Gasteiger partial charge in [0.05, 0.1) is 7.11 Å². The van der Waals surface area contributed by atoms with Crippen molar-refractivity contribution in [3.05, 3.63) is 23.8 Å². The first-order valence-corrected chi connectivity index (χ1v) is 6.61. The van der Waals surface area contributed by atoms with E-state index in [1.54, 1.807) is 0 Å². The fourth-order valence-electron chi connectivity index (χ4n) is 2.07. The highest BCUT2D eigenvalue weighted by Crippen LogP contribution is 2.26. The number of carbonyl (C=O) groups is 1. The molecule has 0 fully saturated rings. The van der Waals surface area contributed by atoms with Crippen LogP contribution in [-0.4, -0.2) is 34.7 Å². The number of rotatable bonds is 6. The number of benzene rings is 1. The van der Waals surface area contributed by atoms with E-state index in [2.05, 4.69) is 10.5 Å². The maximum absolute atomic E-state index is 12.3. The first kappa shape index (κ1) is 16.6. The number of hydrogen-bond donors (Lipinski definition) is 4. The predicted octanol–water partition coefficient (Wildman–Crippen LogP) is 1.44. The molecule has 5 N–H and O–H groups in total. The van der Waals surface area contributed by atoms with Crippen LogP contribution >= 0.6 is 0 Å². The molecule has 116 valence electrons. The Balaban J connectivity index is 3.05. The van der Waals surface area contributed by atoms with Crippen LogP contribution in [0.25, 0.3) is 0 Å². The summed E-state index contributed by atoms with van der Waals surface area (Å²) >= 11 is 0. The van der Waals surface area contributed by atoms with Crippen LogP contribution in [0.4, 0.5) is 0 Å². The van der Waals surface area contributed by atoms with Gasteiger partial charge in [-0.05, 0) is 31.0 Å². The zero-order chi connectivity index (χ0) is 16.0. The van der Waals surface area contributed by atoms with E-state index >= 15 is 0 Å². The quantitative estimate of drug-likeness (QED) is 0.274. The fourth-order valence-corrected chi connectivity index (χ4v) is 2.07. The third-order valence-corrected chi connectivity index (χ3v) is 3.60. The van der Waals surface area contributed by atoms with Gasteiger partial charge in [0.15, 0.2) is 17.3 Å². The van der Waals surface area contributed by atoms with Crippen LogP contribution in [0.3, 0.4) is 0 Å². The molecule has 0 unspecified atom stereocenters. The monoisotopic (exact) mass is 295 g/mol. The molecular weight excluding hydrogens is 274 g/mol. The third-order valence-electron chi connectivity index (χ3n) is 3.60. The molecule has 0 aliphatic rings. The Morgan fingerprint density at radius 3 is 2.48 bits per heavy atom. The highest BCUT2D eigenvalue weighted by Gasteiger charge is 2.33. The zero-order valence-corrected chi connectivity index (χ0v) is 12.4. The number of phenols is 1. The van der Waals surface area contributed by atoms with Crippen LogP contribution in [0.15, 0.2) is 23.4 Å². The lowest BCUT2D eigenvalue weighted by atomic mass is 9.91. The standard InChI is InChI=1S/C14H21N3O4/c1-4-14(5-2,13(15)17-20)16-12(19)9-6-7-11(21-3)10(18)8-9/h6-8,18,20H,4-5H2,1-3H3,(H2,15,17)(H,16,19). The van der Waals surface area contributed by atoms with E-state index in [1.807, 2.05) is 13.8 Å². The lowest BCUT2D eigenvalue weighted by Crippen LogP contribution is -2.56. The molecule has 1 rings (SSSR count). The van der Waals surface area contributed by atoms with Gasteiger partial charge in [-0.15, -0.1) is 0 Å². The minimum Gasteiger partial charge on any atom is -0.504 e. The summed E-state index contributed by atoms with van der Waals surface area (Å²) in [5, 5.41) is 24.4. The maximum Gasteiger partial charge on any atom is 0.252 e. The van der Waals surface area contributed by atoms with E-state index in [-0.39, 0.29) is 22.9 Å². The minimum absolute atomic E-state index is 0.0569. The number of oxime groups is 1. The van der Waals surface area contributed by atoms with Gasteiger partial charge < -0.3 is 26.1 Å². The van der Waals surface area contributed by atoms with Crippen molar-refractivity contribution in [3.63, 3.8) is 0 Å². The largest absolute Gasteiger partial charge is 0.504 e. The minimum atomic E-state index is -0.929. The van der Waals surface area contributed by atoms with Crippen molar-refractivity contribution in [2.75, 3.05) is 7.11 Å². The summed E-state index contributed by atoms with van der Waals surface area (Å²) < 4.78 is 4.92. The zero-order valence-electron chi connectivity index (χ0n) is 12.4. The van der Waals surface area contributed by atoms with Gasteiger partial charge >= 0.3 is 0 Å². The number of nitrogens with two attached hydrogens (primary N) is 1. The van der Waals surface area contributed by atoms with E-state index in [0.717, 1.165) is 0 Å². The predicted molar refractivity (Wildman–Crippen MR) is 78.8 cm³/mol. The molecule has 0 aromatic heterocycles. The Labute approximate surface area is 123 Å². The molecule has 7 nitrogen and oxygen atoms in total. The molecule has 0 bridgehead atoms. The second-order valence-corrected chi connectivity index (χ2v) is 4.62. The van der Waals surface area contributed by atoms with Crippen LogP contribution in [0, 0.1) is 0 Å². The van der Waals surface area contributed by atoms with Gasteiger partial charge in [-0.25, -0.2) is 0 Å². The van der Waals surface area contributed by atoms with Crippen molar-refractivity contribution in [1.82, 2.24) is 5.32 Å². The summed E-state index contributed by atoms with van der Waals surface area (Å²) in [7, 11) is 1.42. The normalized spacial score (nSPS) is 12.0. The average Bonchev–Trinajstić information content (AvgIpc) is 2.51. The number of aromatic hydroxyl groups is 1. The number of methoxy groups -OCH3 is 1. The van der Waals surface area contributed by atoms with Crippen molar-refractivity contribution in [1.29, 1.82) is 0 Å². The fraction of sp³-hybridized carbons (Fsp3) is 0.429. The molecule has 7 heteroatoms. The summed E-state index contributed by atoms with van der Waals surface area (Å²) in [6, 6.07) is 4.32. The molecule has 0 spiro atoms. The third kappa shape index (κ3) is 3.36. The van der Waals surface area contributed by atoms with Crippen molar-refractivity contribution < 1.29 is 19.8 Å². The Hall–Kier alpha value is -2.44. The molecule has 0 atom stereocenters. The van der Waals surface area contributed by atoms with E-state index in [4.69, 9.17) is 15.7 Å². The average molecular weight is 295 g/mol. The first-order chi connectivity index (χ1) is 9.93. The number of phenolic OH excluding ortho intramolecular Hbond substituents is 1. The molecule has 1 aromatic carbocycles. The summed E-state index contributed by atoms with van der Waals surface area (Å²) in [6.45, 7) is 3.65. The van der Waals surface area contributed by atoms with Crippen molar-refractivity contribution >= 4 is 11.7 Å². The van der Waals surface area contributed by atoms with Crippen molar-refractivity contribution in [2.24, 2.45) is 10.9 Å². The van der Waals surface area contributed by atoms with Crippen molar-refractivity contribution in [3.8, 4) is 11.5 Å². The number of carbonyl (C=O) groups excluding carboxylic acids is 1. The number of ether oxygens (including phenoxy) is 1. The molecule has 0 aliphatic carbocycles. The highest BCUT2D eigenvalue weighted by atomic mass is 16.5. The summed E-state index contributed by atoms with van der Waals surface area (Å²) in [5.41, 5.74) is 5.02. The Morgan fingerprint density at radius 2 is 2.05 bits per heavy atom. The number of amidine groups is 1. The van der Waals surface area contributed by atoms with Crippen LogP contribution in [0.5, 0.6) is 11.5 Å². The second-order valence-electron chi connectivity index (χ2n) is 4.62. The Kier molecular flexibility index (Phi) is 5.40. The van der Waals surface area contributed by atoms with Gasteiger partial charge in [0.1, 0.15) is 5.54 Å². The van der Waals surface area contributed by atoms with Crippen molar-refractivity contribution in [2.45, 2.75) is 32.2 Å². The molecule has 0 heterocycles. The number of nitrogens with zero attached hydrogens (tertiary/aromatic N) is 1. The summed E-state index contributed by atoms with van der Waals surface area (Å²) in [5.74, 6) is -0.338. The highest BCUT2D eigenvalue weighted by molar-refractivity contribution is 6.00. The van der Waals surface area contributed by atoms with Crippen LogP contribution in [-0.2, 0) is 0 Å². The second kappa shape index (κ2) is 6.83. The van der Waals surface area contributed by atoms with E-state index in [0.29, 0.717) is 12.8 Å². The van der Waals surface area contributed by atoms with Gasteiger partial charge in [0, 0.05) is 5.56 Å². The first-order valence-electron chi connectivity index (χ1n) is 6.61. The molecule has 0 aliphatic heterocycles. The van der Waals surface area contributed by atoms with Gasteiger partial charge in [-0.2, -0.15) is 0 Å². The maximum atomic E-state index is 12.3. The summed E-state index contributed by atoms with van der Waals surface area (Å²) in [6.07, 6.45) is 0.931. The van der Waals surface area contributed by atoms with Crippen LogP contribution in [0.2, 0.25) is 0 Å². The van der Waals surface area contributed by atoms with E-state index in [9.17, 15) is 9.90 Å². The van der Waals surface area contributed by atoms with Crippen LogP contribution in [0.1, 0.15) is 37.0 Å². The number of nitrogens with one attached hydrogen (secondary N) is 1. The molecule has 1 aromatic rings. The lowest BCUT2D eigenvalue weighted by molar-refractivity contribution is 0.0917. The molecule has 0 saturated carbocycles. The van der Waals surface area contributed by atoms with Gasteiger partial charge in [0.25, 0.3) is 5.91 Å². The molecular formula is C14H21N3O4. The summed E-state index contributed by atoms with van der Waals surface area (Å²) in [4.78, 5) is 12.3. The van der Waals surface area contributed by atoms with E-state index in [1.165, 1.54) is 25.3 Å². The topological polar surface area (TPSA) is 117 Å². The Morgan fingerprint density at radius 1 is 1.43 bits per heavy atom. The van der Waals surface area contributed by atoms with Gasteiger partial charge in [0.2, 0.25) is 0 Å². The number of hydrogen-bond acceptors (Lipinski definition) is 5.